The molecule has 0 aliphatic heterocycles. The molecular formula is C11H15ClN2O8S3. The minimum absolute atomic E-state index is 0.248. The molecule has 1 rings (SSSR count). The molecule has 0 atom stereocenters. The molecule has 25 heavy (non-hydrogen) atoms. The van der Waals surface area contributed by atoms with Gasteiger partial charge in [-0.1, -0.05) is 11.3 Å². The van der Waals surface area contributed by atoms with Crippen LogP contribution >= 0.6 is 22.0 Å². The van der Waals surface area contributed by atoms with Crippen LogP contribution in [-0.2, 0) is 30.4 Å². The molecule has 0 aliphatic carbocycles. The summed E-state index contributed by atoms with van der Waals surface area (Å²) in [6.07, 6.45) is 0.801. The summed E-state index contributed by atoms with van der Waals surface area (Å²) in [5.41, 5.74) is -1.40. The Morgan fingerprint density at radius 2 is 1.84 bits per heavy atom. The average molecular weight is 435 g/mol. The van der Waals surface area contributed by atoms with Gasteiger partial charge in [0.15, 0.2) is 4.90 Å². The first-order valence-electron chi connectivity index (χ1n) is 6.45. The number of carbonyl (C=O) groups is 1. The van der Waals surface area contributed by atoms with Crippen molar-refractivity contribution >= 4 is 52.1 Å². The summed E-state index contributed by atoms with van der Waals surface area (Å²) in [5, 5.41) is 10.2. The van der Waals surface area contributed by atoms with E-state index in [-0.39, 0.29) is 11.3 Å². The molecule has 1 aromatic rings. The number of carbonyl (C=O) groups excluding carboxylic acids is 1. The van der Waals surface area contributed by atoms with E-state index in [9.17, 15) is 31.7 Å². The van der Waals surface area contributed by atoms with Crippen LogP contribution in [0.25, 0.3) is 0 Å². The molecular weight excluding hydrogens is 420 g/mol. The Morgan fingerprint density at radius 1 is 1.32 bits per heavy atom. The third-order valence-corrected chi connectivity index (χ3v) is 5.80. The smallest absolute Gasteiger partial charge is 0.349 e. The van der Waals surface area contributed by atoms with E-state index in [1.165, 1.54) is 0 Å². The minimum atomic E-state index is -4.63. The molecule has 0 saturated carbocycles. The van der Waals surface area contributed by atoms with Crippen molar-refractivity contribution in [2.24, 2.45) is 0 Å². The summed E-state index contributed by atoms with van der Waals surface area (Å²) in [4.78, 5) is 21.1. The maximum absolute atomic E-state index is 12.3. The molecule has 0 amide bonds. The third-order valence-electron chi connectivity index (χ3n) is 2.45. The Bertz CT molecular complexity index is 912. The normalized spacial score (nSPS) is 12.8. The summed E-state index contributed by atoms with van der Waals surface area (Å²) in [6.45, 7) is 3.95. The summed E-state index contributed by atoms with van der Waals surface area (Å²) in [7, 11) is -3.15. The Hall–Kier alpha value is -1.28. The highest BCUT2D eigenvalue weighted by atomic mass is 35.7. The van der Waals surface area contributed by atoms with Crippen molar-refractivity contribution in [3.05, 3.63) is 20.6 Å². The van der Waals surface area contributed by atoms with Crippen LogP contribution in [0.1, 0.15) is 36.0 Å². The van der Waals surface area contributed by atoms with Gasteiger partial charge in [0.05, 0.1) is 11.2 Å². The fourth-order valence-electron chi connectivity index (χ4n) is 1.66. The lowest BCUT2D eigenvalue weighted by Crippen LogP contribution is -2.26. The van der Waals surface area contributed by atoms with Gasteiger partial charge in [0, 0.05) is 22.8 Å². The van der Waals surface area contributed by atoms with Gasteiger partial charge in [0.1, 0.15) is 10.5 Å². The van der Waals surface area contributed by atoms with Crippen LogP contribution in [-0.4, -0.2) is 39.6 Å². The highest BCUT2D eigenvalue weighted by molar-refractivity contribution is 8.14. The van der Waals surface area contributed by atoms with E-state index in [0.717, 1.165) is 6.26 Å². The lowest BCUT2D eigenvalue weighted by Gasteiger charge is -2.19. The first kappa shape index (κ1) is 21.8. The monoisotopic (exact) mass is 434 g/mol. The largest absolute Gasteiger partial charge is 0.456 e. The second kappa shape index (κ2) is 7.15. The van der Waals surface area contributed by atoms with Gasteiger partial charge in [-0.25, -0.2) is 26.4 Å². The van der Waals surface area contributed by atoms with Gasteiger partial charge in [-0.05, 0) is 20.8 Å². The van der Waals surface area contributed by atoms with Crippen molar-refractivity contribution in [3.8, 4) is 0 Å². The summed E-state index contributed by atoms with van der Waals surface area (Å²) >= 11 is 0.248. The summed E-state index contributed by atoms with van der Waals surface area (Å²) in [5.74, 6) is -1.03. The van der Waals surface area contributed by atoms with Crippen LogP contribution in [0.15, 0.2) is 4.90 Å². The van der Waals surface area contributed by atoms with Crippen molar-refractivity contribution in [2.75, 3.05) is 6.26 Å². The molecule has 0 saturated heterocycles. The molecule has 0 bridgehead atoms. The van der Waals surface area contributed by atoms with Crippen LogP contribution < -0.4 is 4.72 Å². The molecule has 10 nitrogen and oxygen atoms in total. The van der Waals surface area contributed by atoms with Crippen molar-refractivity contribution in [3.63, 3.8) is 0 Å². The van der Waals surface area contributed by atoms with Crippen LogP contribution in [0.2, 0.25) is 0 Å². The Morgan fingerprint density at radius 3 is 2.20 bits per heavy atom. The average Bonchev–Trinajstić information content (AvgIpc) is 2.72. The van der Waals surface area contributed by atoms with E-state index in [1.54, 1.807) is 20.8 Å². The number of thiophene rings is 1. The van der Waals surface area contributed by atoms with E-state index in [2.05, 4.69) is 0 Å². The van der Waals surface area contributed by atoms with E-state index in [1.807, 2.05) is 4.72 Å². The zero-order chi connectivity index (χ0) is 19.8. The Balaban J connectivity index is 3.65. The lowest BCUT2D eigenvalue weighted by molar-refractivity contribution is -0.383. The maximum Gasteiger partial charge on any atom is 0.349 e. The Kier molecular flexibility index (Phi) is 6.22. The molecule has 1 heterocycles. The standard InChI is InChI=1S/C11H15ClN2O8S3/c1-11(2,3)22-10(15)7-6(5-13-24(4,18)19)8(25(12,20)21)9(23-7)14(16)17/h13H,5H2,1-4H3. The van der Waals surface area contributed by atoms with E-state index >= 15 is 0 Å². The van der Waals surface area contributed by atoms with Crippen LogP contribution in [0, 0.1) is 10.1 Å². The quantitative estimate of drug-likeness (QED) is 0.307. The van der Waals surface area contributed by atoms with Crippen molar-refractivity contribution in [1.29, 1.82) is 0 Å². The molecule has 142 valence electrons. The van der Waals surface area contributed by atoms with Crippen LogP contribution in [0.3, 0.4) is 0 Å². The molecule has 14 heteroatoms. The lowest BCUT2D eigenvalue weighted by atomic mass is 10.2. The zero-order valence-electron chi connectivity index (χ0n) is 13.5. The van der Waals surface area contributed by atoms with Gasteiger partial charge in [-0.15, -0.1) is 0 Å². The second-order valence-electron chi connectivity index (χ2n) is 5.83. The molecule has 1 N–H and O–H groups in total. The molecule has 1 aromatic heterocycles. The fourth-order valence-corrected chi connectivity index (χ4v) is 4.88. The van der Waals surface area contributed by atoms with Gasteiger partial charge in [-0.2, -0.15) is 0 Å². The third kappa shape index (κ3) is 6.18. The Labute approximate surface area is 152 Å². The fraction of sp³-hybridized carbons (Fsp3) is 0.545. The number of ether oxygens (including phenoxy) is 1. The maximum atomic E-state index is 12.3. The van der Waals surface area contributed by atoms with Crippen molar-refractivity contribution < 1.29 is 31.3 Å². The number of sulfonamides is 1. The van der Waals surface area contributed by atoms with E-state index in [4.69, 9.17) is 15.4 Å². The number of esters is 1. The van der Waals surface area contributed by atoms with Gasteiger partial charge in [0.25, 0.3) is 9.05 Å². The van der Waals surface area contributed by atoms with Gasteiger partial charge in [0.2, 0.25) is 10.0 Å². The molecule has 0 aromatic carbocycles. The number of rotatable bonds is 6. The number of nitro groups is 1. The SMILES string of the molecule is CC(C)(C)OC(=O)c1sc([N+](=O)[O-])c(S(=O)(=O)Cl)c1CNS(C)(=O)=O. The first-order chi connectivity index (χ1) is 11.0. The first-order valence-corrected chi connectivity index (χ1v) is 11.5. The zero-order valence-corrected chi connectivity index (χ0v) is 16.7. The highest BCUT2D eigenvalue weighted by Gasteiger charge is 2.37. The van der Waals surface area contributed by atoms with Gasteiger partial charge in [-0.3, -0.25) is 10.1 Å². The van der Waals surface area contributed by atoms with Crippen LogP contribution in [0.5, 0.6) is 0 Å². The number of hydrogen-bond acceptors (Lipinski definition) is 9. The van der Waals surface area contributed by atoms with Crippen LogP contribution in [0.4, 0.5) is 5.00 Å². The molecule has 0 unspecified atom stereocenters. The van der Waals surface area contributed by atoms with Crippen molar-refractivity contribution in [2.45, 2.75) is 37.8 Å². The number of hydrogen-bond donors (Lipinski definition) is 1. The van der Waals surface area contributed by atoms with Gasteiger partial charge < -0.3 is 4.74 Å². The number of nitrogens with zero attached hydrogens (tertiary/aromatic N) is 1. The summed E-state index contributed by atoms with van der Waals surface area (Å²) in [6, 6.07) is 0. The number of halogens is 1. The highest BCUT2D eigenvalue weighted by Crippen LogP contribution is 2.41. The predicted octanol–water partition coefficient (Wildman–Crippen LogP) is 1.59. The molecule has 0 aliphatic rings. The minimum Gasteiger partial charge on any atom is -0.456 e. The van der Waals surface area contributed by atoms with E-state index in [0.29, 0.717) is 0 Å². The molecule has 0 spiro atoms. The van der Waals surface area contributed by atoms with Crippen molar-refractivity contribution in [1.82, 2.24) is 4.72 Å². The second-order valence-corrected chi connectivity index (χ2v) is 11.2. The predicted molar refractivity (Wildman–Crippen MR) is 90.9 cm³/mol. The molecule has 0 fully saturated rings. The summed E-state index contributed by atoms with van der Waals surface area (Å²) < 4.78 is 53.2. The number of nitrogens with one attached hydrogen (secondary N) is 1. The molecule has 0 radical (unpaired) electrons. The topological polar surface area (TPSA) is 150 Å². The van der Waals surface area contributed by atoms with Gasteiger partial charge >= 0.3 is 11.0 Å². The van der Waals surface area contributed by atoms with E-state index < -0.39 is 62.4 Å².